The van der Waals surface area contributed by atoms with Crippen molar-refractivity contribution < 1.29 is 4.79 Å². The number of benzene rings is 1. The topological polar surface area (TPSA) is 29.1 Å². The van der Waals surface area contributed by atoms with Crippen molar-refractivity contribution in [1.29, 1.82) is 0 Å². The Balaban J connectivity index is 2.77. The summed E-state index contributed by atoms with van der Waals surface area (Å²) in [5.74, 6) is 0.0542. The van der Waals surface area contributed by atoms with E-state index in [9.17, 15) is 4.79 Å². The second-order valence-electron chi connectivity index (χ2n) is 4.73. The van der Waals surface area contributed by atoms with Gasteiger partial charge < -0.3 is 5.32 Å². The van der Waals surface area contributed by atoms with Crippen LogP contribution < -0.4 is 5.32 Å². The molecule has 0 aliphatic heterocycles. The Hall–Kier alpha value is -1.31. The minimum absolute atomic E-state index is 0.0542. The maximum atomic E-state index is 11.2. The molecule has 0 aromatic heterocycles. The smallest absolute Gasteiger partial charge is 0.224 e. The van der Waals surface area contributed by atoms with Crippen LogP contribution in [-0.2, 0) is 10.2 Å². The van der Waals surface area contributed by atoms with Gasteiger partial charge in [0.1, 0.15) is 0 Å². The third kappa shape index (κ3) is 3.39. The van der Waals surface area contributed by atoms with E-state index in [0.29, 0.717) is 6.42 Å². The number of hydrogen-bond acceptors (Lipinski definition) is 1. The zero-order chi connectivity index (χ0) is 11.5. The molecule has 0 unspecified atom stereocenters. The Bertz CT molecular complexity index is 333. The van der Waals surface area contributed by atoms with Crippen LogP contribution in [0.1, 0.15) is 39.7 Å². The number of hydrogen-bond donors (Lipinski definition) is 1. The SMILES string of the molecule is CCC(=O)Nc1ccc(C(C)(C)C)cc1. The number of carbonyl (C=O) groups excluding carboxylic acids is 1. The first kappa shape index (κ1) is 11.8. The van der Waals surface area contributed by atoms with Crippen molar-refractivity contribution in [3.63, 3.8) is 0 Å². The first-order valence-corrected chi connectivity index (χ1v) is 5.34. The Kier molecular flexibility index (Phi) is 3.51. The molecular formula is C13H19NO. The highest BCUT2D eigenvalue weighted by molar-refractivity contribution is 5.90. The molecule has 0 heterocycles. The van der Waals surface area contributed by atoms with E-state index in [1.807, 2.05) is 19.1 Å². The fraction of sp³-hybridized carbons (Fsp3) is 0.462. The molecule has 1 aromatic carbocycles. The van der Waals surface area contributed by atoms with Crippen molar-refractivity contribution in [2.75, 3.05) is 5.32 Å². The Labute approximate surface area is 91.7 Å². The Morgan fingerprint density at radius 2 is 1.73 bits per heavy atom. The Morgan fingerprint density at radius 3 is 2.13 bits per heavy atom. The van der Waals surface area contributed by atoms with E-state index in [1.54, 1.807) is 0 Å². The third-order valence-corrected chi connectivity index (χ3v) is 2.36. The summed E-state index contributed by atoms with van der Waals surface area (Å²) in [4.78, 5) is 11.2. The maximum Gasteiger partial charge on any atom is 0.224 e. The van der Waals surface area contributed by atoms with Crippen LogP contribution in [0.4, 0.5) is 5.69 Å². The average Bonchev–Trinajstić information content (AvgIpc) is 2.17. The van der Waals surface area contributed by atoms with Gasteiger partial charge in [-0.3, -0.25) is 4.79 Å². The lowest BCUT2D eigenvalue weighted by atomic mass is 9.87. The highest BCUT2D eigenvalue weighted by atomic mass is 16.1. The average molecular weight is 205 g/mol. The molecule has 2 nitrogen and oxygen atoms in total. The molecule has 0 spiro atoms. The zero-order valence-corrected chi connectivity index (χ0v) is 9.92. The van der Waals surface area contributed by atoms with Crippen LogP contribution >= 0.6 is 0 Å². The van der Waals surface area contributed by atoms with Crippen LogP contribution in [0, 0.1) is 0 Å². The second kappa shape index (κ2) is 4.47. The van der Waals surface area contributed by atoms with Crippen molar-refractivity contribution in [2.45, 2.75) is 39.5 Å². The summed E-state index contributed by atoms with van der Waals surface area (Å²) in [6.07, 6.45) is 0.515. The summed E-state index contributed by atoms with van der Waals surface area (Å²) in [5.41, 5.74) is 2.31. The van der Waals surface area contributed by atoms with Gasteiger partial charge in [0.2, 0.25) is 5.91 Å². The van der Waals surface area contributed by atoms with E-state index in [4.69, 9.17) is 0 Å². The van der Waals surface area contributed by atoms with Gasteiger partial charge in [-0.2, -0.15) is 0 Å². The van der Waals surface area contributed by atoms with Crippen molar-refractivity contribution >= 4 is 11.6 Å². The van der Waals surface area contributed by atoms with Crippen molar-refractivity contribution in [2.24, 2.45) is 0 Å². The molecule has 0 radical (unpaired) electrons. The number of nitrogens with one attached hydrogen (secondary N) is 1. The van der Waals surface area contributed by atoms with E-state index < -0.39 is 0 Å². The zero-order valence-electron chi connectivity index (χ0n) is 9.92. The third-order valence-electron chi connectivity index (χ3n) is 2.36. The standard InChI is InChI=1S/C13H19NO/c1-5-12(15)14-11-8-6-10(7-9-11)13(2,3)4/h6-9H,5H2,1-4H3,(H,14,15). The van der Waals surface area contributed by atoms with E-state index in [1.165, 1.54) is 5.56 Å². The van der Waals surface area contributed by atoms with Gasteiger partial charge in [0.05, 0.1) is 0 Å². The monoisotopic (exact) mass is 205 g/mol. The summed E-state index contributed by atoms with van der Waals surface area (Å²) in [7, 11) is 0. The van der Waals surface area contributed by atoms with Crippen LogP contribution in [0.5, 0.6) is 0 Å². The largest absolute Gasteiger partial charge is 0.326 e. The highest BCUT2D eigenvalue weighted by Crippen LogP contribution is 2.23. The van der Waals surface area contributed by atoms with Gasteiger partial charge in [-0.25, -0.2) is 0 Å². The molecule has 2 heteroatoms. The van der Waals surface area contributed by atoms with Crippen molar-refractivity contribution in [3.05, 3.63) is 29.8 Å². The first-order chi connectivity index (χ1) is 6.93. The number of anilines is 1. The Morgan fingerprint density at radius 1 is 1.20 bits per heavy atom. The summed E-state index contributed by atoms with van der Waals surface area (Å²) in [6, 6.07) is 8.03. The molecule has 1 N–H and O–H groups in total. The number of rotatable bonds is 2. The second-order valence-corrected chi connectivity index (χ2v) is 4.73. The molecule has 0 bridgehead atoms. The van der Waals surface area contributed by atoms with Crippen LogP contribution in [-0.4, -0.2) is 5.91 Å². The summed E-state index contributed by atoms with van der Waals surface area (Å²) >= 11 is 0. The summed E-state index contributed by atoms with van der Waals surface area (Å²) in [5, 5.41) is 2.83. The molecule has 1 rings (SSSR count). The maximum absolute atomic E-state index is 11.2. The lowest BCUT2D eigenvalue weighted by Crippen LogP contribution is -2.12. The molecular weight excluding hydrogens is 186 g/mol. The van der Waals surface area contributed by atoms with Crippen molar-refractivity contribution in [1.82, 2.24) is 0 Å². The van der Waals surface area contributed by atoms with E-state index in [0.717, 1.165) is 5.69 Å². The van der Waals surface area contributed by atoms with Gasteiger partial charge in [0.25, 0.3) is 0 Å². The van der Waals surface area contributed by atoms with Gasteiger partial charge in [-0.15, -0.1) is 0 Å². The molecule has 82 valence electrons. The molecule has 1 aromatic rings. The fourth-order valence-electron chi connectivity index (χ4n) is 1.30. The molecule has 0 saturated carbocycles. The summed E-state index contributed by atoms with van der Waals surface area (Å²) < 4.78 is 0. The summed E-state index contributed by atoms with van der Waals surface area (Å²) in [6.45, 7) is 8.37. The normalized spacial score (nSPS) is 11.2. The van der Waals surface area contributed by atoms with Gasteiger partial charge in [0.15, 0.2) is 0 Å². The van der Waals surface area contributed by atoms with E-state index in [2.05, 4.69) is 38.2 Å². The minimum Gasteiger partial charge on any atom is -0.326 e. The molecule has 1 amide bonds. The van der Waals surface area contributed by atoms with Gasteiger partial charge in [-0.1, -0.05) is 39.8 Å². The first-order valence-electron chi connectivity index (χ1n) is 5.34. The number of carbonyl (C=O) groups is 1. The van der Waals surface area contributed by atoms with Crippen LogP contribution in [0.15, 0.2) is 24.3 Å². The minimum atomic E-state index is 0.0542. The fourth-order valence-corrected chi connectivity index (χ4v) is 1.30. The van der Waals surface area contributed by atoms with E-state index >= 15 is 0 Å². The quantitative estimate of drug-likeness (QED) is 0.788. The molecule has 0 aliphatic rings. The number of amides is 1. The molecule has 15 heavy (non-hydrogen) atoms. The van der Waals surface area contributed by atoms with Crippen molar-refractivity contribution in [3.8, 4) is 0 Å². The predicted molar refractivity (Wildman–Crippen MR) is 64.1 cm³/mol. The predicted octanol–water partition coefficient (Wildman–Crippen LogP) is 3.33. The van der Waals surface area contributed by atoms with Gasteiger partial charge >= 0.3 is 0 Å². The van der Waals surface area contributed by atoms with Gasteiger partial charge in [0, 0.05) is 12.1 Å². The molecule has 0 saturated heterocycles. The van der Waals surface area contributed by atoms with Gasteiger partial charge in [-0.05, 0) is 23.1 Å². The van der Waals surface area contributed by atoms with Crippen LogP contribution in [0.25, 0.3) is 0 Å². The van der Waals surface area contributed by atoms with E-state index in [-0.39, 0.29) is 11.3 Å². The lowest BCUT2D eigenvalue weighted by molar-refractivity contribution is -0.115. The van der Waals surface area contributed by atoms with Crippen LogP contribution in [0.3, 0.4) is 0 Å². The highest BCUT2D eigenvalue weighted by Gasteiger charge is 2.12. The lowest BCUT2D eigenvalue weighted by Gasteiger charge is -2.19. The molecule has 0 fully saturated rings. The van der Waals surface area contributed by atoms with Crippen LogP contribution in [0.2, 0.25) is 0 Å². The molecule has 0 aliphatic carbocycles. The molecule has 0 atom stereocenters.